The second-order valence-electron chi connectivity index (χ2n) is 7.36. The minimum Gasteiger partial charge on any atom is -0.480 e. The number of halogens is 1. The van der Waals surface area contributed by atoms with Gasteiger partial charge in [0.05, 0.1) is 5.39 Å². The third-order valence-corrected chi connectivity index (χ3v) is 6.92. The highest BCUT2D eigenvalue weighted by atomic mass is 79.9. The number of fused-ring (bicyclic) bond motifs is 2. The summed E-state index contributed by atoms with van der Waals surface area (Å²) in [5.41, 5.74) is 1.75. The van der Waals surface area contributed by atoms with Gasteiger partial charge in [-0.2, -0.15) is 0 Å². The number of hydrogen-bond donors (Lipinski definition) is 2. The van der Waals surface area contributed by atoms with Gasteiger partial charge in [-0.1, -0.05) is 18.2 Å². The van der Waals surface area contributed by atoms with Crippen LogP contribution in [-0.2, 0) is 11.2 Å². The van der Waals surface area contributed by atoms with Gasteiger partial charge in [0.25, 0.3) is 5.91 Å². The van der Waals surface area contributed by atoms with Gasteiger partial charge in [0.15, 0.2) is 0 Å². The van der Waals surface area contributed by atoms with E-state index in [1.807, 2.05) is 40.4 Å². The molecule has 152 valence electrons. The summed E-state index contributed by atoms with van der Waals surface area (Å²) in [5, 5.41) is 16.0. The fraction of sp³-hybridized carbons (Fsp3) is 0.238. The zero-order chi connectivity index (χ0) is 20.8. The number of carbonyl (C=O) groups excluding carboxylic acids is 1. The summed E-state index contributed by atoms with van der Waals surface area (Å²) in [6, 6.07) is 7.16. The van der Waals surface area contributed by atoms with Crippen LogP contribution in [0.2, 0.25) is 0 Å². The Morgan fingerprint density at radius 2 is 2.10 bits per heavy atom. The number of rotatable bonds is 6. The zero-order valence-electron chi connectivity index (χ0n) is 15.7. The van der Waals surface area contributed by atoms with Crippen LogP contribution in [0.1, 0.15) is 34.9 Å². The second kappa shape index (κ2) is 7.48. The Kier molecular flexibility index (Phi) is 4.79. The maximum atomic E-state index is 13.0. The number of hydrogen-bond acceptors (Lipinski definition) is 5. The fourth-order valence-corrected chi connectivity index (χ4v) is 5.24. The molecule has 7 nitrogen and oxygen atoms in total. The quantitative estimate of drug-likeness (QED) is 0.428. The van der Waals surface area contributed by atoms with Gasteiger partial charge in [0.2, 0.25) is 0 Å². The van der Waals surface area contributed by atoms with E-state index in [9.17, 15) is 14.7 Å². The minimum atomic E-state index is -1.08. The van der Waals surface area contributed by atoms with Gasteiger partial charge in [-0.15, -0.1) is 11.3 Å². The van der Waals surface area contributed by atoms with E-state index in [1.165, 1.54) is 6.33 Å². The van der Waals surface area contributed by atoms with Crippen LogP contribution < -0.4 is 5.32 Å². The monoisotopic (exact) mass is 484 g/mol. The normalized spacial score (nSPS) is 14.8. The Morgan fingerprint density at radius 1 is 1.30 bits per heavy atom. The predicted molar refractivity (Wildman–Crippen MR) is 118 cm³/mol. The van der Waals surface area contributed by atoms with Crippen LogP contribution in [-0.4, -0.2) is 37.6 Å². The van der Waals surface area contributed by atoms with Crippen LogP contribution in [0.3, 0.4) is 0 Å². The summed E-state index contributed by atoms with van der Waals surface area (Å²) in [4.78, 5) is 33.4. The molecule has 2 N–H and O–H groups in total. The average Bonchev–Trinajstić information content (AvgIpc) is 3.43. The number of aliphatic carboxylic acids is 1. The van der Waals surface area contributed by atoms with E-state index in [1.54, 1.807) is 11.3 Å². The molecule has 9 heteroatoms. The molecule has 1 fully saturated rings. The molecule has 1 aromatic carbocycles. The van der Waals surface area contributed by atoms with Gasteiger partial charge in [-0.3, -0.25) is 4.79 Å². The van der Waals surface area contributed by atoms with Crippen LogP contribution in [0.25, 0.3) is 21.1 Å². The van der Waals surface area contributed by atoms with Crippen molar-refractivity contribution in [3.8, 4) is 0 Å². The molecule has 0 radical (unpaired) electrons. The Morgan fingerprint density at radius 3 is 2.87 bits per heavy atom. The molecule has 4 aromatic rings. The molecule has 1 aliphatic rings. The third-order valence-electron chi connectivity index (χ3n) is 5.31. The smallest absolute Gasteiger partial charge is 0.326 e. The number of carboxylic acid groups (broad SMARTS) is 1. The van der Waals surface area contributed by atoms with Crippen molar-refractivity contribution in [2.24, 2.45) is 0 Å². The van der Waals surface area contributed by atoms with Crippen LogP contribution in [0.15, 0.2) is 46.6 Å². The Balaban J connectivity index is 1.45. The maximum Gasteiger partial charge on any atom is 0.326 e. The molecule has 1 unspecified atom stereocenters. The molecule has 0 aliphatic heterocycles. The minimum absolute atomic E-state index is 0.174. The molecular formula is C21H17BrN4O3S. The Bertz CT molecular complexity index is 1290. The van der Waals surface area contributed by atoms with Crippen LogP contribution >= 0.6 is 27.3 Å². The predicted octanol–water partition coefficient (Wildman–Crippen LogP) is 4.17. The molecular weight excluding hydrogens is 468 g/mol. The molecule has 3 heterocycles. The maximum absolute atomic E-state index is 13.0. The van der Waals surface area contributed by atoms with Gasteiger partial charge in [-0.05, 0) is 51.2 Å². The van der Waals surface area contributed by atoms with Crippen LogP contribution in [0.5, 0.6) is 0 Å². The lowest BCUT2D eigenvalue weighted by Gasteiger charge is -2.14. The molecule has 1 saturated carbocycles. The van der Waals surface area contributed by atoms with Crippen LogP contribution in [0, 0.1) is 0 Å². The molecule has 1 aliphatic carbocycles. The zero-order valence-corrected chi connectivity index (χ0v) is 18.1. The first-order valence-electron chi connectivity index (χ1n) is 9.52. The number of aromatic nitrogens is 3. The number of amides is 1. The van der Waals surface area contributed by atoms with E-state index in [-0.39, 0.29) is 12.1 Å². The summed E-state index contributed by atoms with van der Waals surface area (Å²) in [6.45, 7) is 0. The molecule has 30 heavy (non-hydrogen) atoms. The number of carbonyl (C=O) groups is 2. The van der Waals surface area contributed by atoms with Crippen molar-refractivity contribution in [1.82, 2.24) is 19.9 Å². The molecule has 1 amide bonds. The SMILES string of the molecule is O=C(NC(Cc1csc2ccccc12)C(=O)O)c1ncnc2c1c(Br)cn2C1CC1. The summed E-state index contributed by atoms with van der Waals surface area (Å²) in [7, 11) is 0. The van der Waals surface area contributed by atoms with Gasteiger partial charge in [0, 0.05) is 27.8 Å². The van der Waals surface area contributed by atoms with E-state index >= 15 is 0 Å². The van der Waals surface area contributed by atoms with Crippen molar-refractivity contribution in [1.29, 1.82) is 0 Å². The topological polar surface area (TPSA) is 97.1 Å². The molecule has 0 spiro atoms. The van der Waals surface area contributed by atoms with Crippen molar-refractivity contribution in [2.75, 3.05) is 0 Å². The lowest BCUT2D eigenvalue weighted by Crippen LogP contribution is -2.42. The summed E-state index contributed by atoms with van der Waals surface area (Å²) in [6.07, 6.45) is 5.63. The Hall–Kier alpha value is -2.78. The highest BCUT2D eigenvalue weighted by molar-refractivity contribution is 9.10. The standard InChI is InChI=1S/C21H17BrN4O3S/c22-14-8-26(12-5-6-12)19-17(14)18(23-10-24-19)20(27)25-15(21(28)29)7-11-9-30-16-4-2-1-3-13(11)16/h1-4,8-10,12,15H,5-7H2,(H,25,27)(H,28,29). The fourth-order valence-electron chi connectivity index (χ4n) is 3.68. The van der Waals surface area contributed by atoms with E-state index < -0.39 is 17.9 Å². The van der Waals surface area contributed by atoms with Crippen molar-refractivity contribution in [3.05, 3.63) is 57.9 Å². The van der Waals surface area contributed by atoms with E-state index in [4.69, 9.17) is 0 Å². The van der Waals surface area contributed by atoms with E-state index in [0.717, 1.165) is 33.0 Å². The number of thiophene rings is 1. The first-order valence-corrected chi connectivity index (χ1v) is 11.2. The number of nitrogens with zero attached hydrogens (tertiary/aromatic N) is 3. The number of nitrogens with one attached hydrogen (secondary N) is 1. The first-order chi connectivity index (χ1) is 14.5. The Labute approximate surface area is 183 Å². The largest absolute Gasteiger partial charge is 0.480 e. The molecule has 0 saturated heterocycles. The van der Waals surface area contributed by atoms with Crippen molar-refractivity contribution >= 4 is 60.3 Å². The van der Waals surface area contributed by atoms with Gasteiger partial charge < -0.3 is 15.0 Å². The van der Waals surface area contributed by atoms with Crippen molar-refractivity contribution in [2.45, 2.75) is 31.3 Å². The number of carboxylic acids is 1. The lowest BCUT2D eigenvalue weighted by molar-refractivity contribution is -0.139. The van der Waals surface area contributed by atoms with E-state index in [2.05, 4.69) is 31.2 Å². The van der Waals surface area contributed by atoms with Gasteiger partial charge in [0.1, 0.15) is 23.7 Å². The molecule has 1 atom stereocenters. The highest BCUT2D eigenvalue weighted by Gasteiger charge is 2.29. The molecule has 0 bridgehead atoms. The lowest BCUT2D eigenvalue weighted by atomic mass is 10.0. The third kappa shape index (κ3) is 3.37. The van der Waals surface area contributed by atoms with Gasteiger partial charge in [-0.25, -0.2) is 14.8 Å². The van der Waals surface area contributed by atoms with Crippen molar-refractivity contribution in [3.63, 3.8) is 0 Å². The average molecular weight is 485 g/mol. The van der Waals surface area contributed by atoms with Gasteiger partial charge >= 0.3 is 5.97 Å². The summed E-state index contributed by atoms with van der Waals surface area (Å²) in [5.74, 6) is -1.61. The van der Waals surface area contributed by atoms with E-state index in [0.29, 0.717) is 17.1 Å². The summed E-state index contributed by atoms with van der Waals surface area (Å²) < 4.78 is 3.86. The second-order valence-corrected chi connectivity index (χ2v) is 9.13. The van der Waals surface area contributed by atoms with Crippen molar-refractivity contribution < 1.29 is 14.7 Å². The van der Waals surface area contributed by atoms with Crippen LogP contribution in [0.4, 0.5) is 0 Å². The first kappa shape index (κ1) is 19.2. The highest BCUT2D eigenvalue weighted by Crippen LogP contribution is 2.40. The molecule has 3 aromatic heterocycles. The summed E-state index contributed by atoms with van der Waals surface area (Å²) >= 11 is 5.07. The number of benzene rings is 1. The molecule has 5 rings (SSSR count).